The molecule has 1 N–H and O–H groups in total. The molecule has 1 saturated heterocycles. The summed E-state index contributed by atoms with van der Waals surface area (Å²) in [5, 5.41) is 5.57. The van der Waals surface area contributed by atoms with E-state index in [0.717, 1.165) is 21.9 Å². The largest absolute Gasteiger partial charge is 0.358 e. The minimum absolute atomic E-state index is 0.0168. The quantitative estimate of drug-likeness (QED) is 0.634. The van der Waals surface area contributed by atoms with Crippen molar-refractivity contribution in [3.63, 3.8) is 0 Å². The van der Waals surface area contributed by atoms with Gasteiger partial charge < -0.3 is 10.2 Å². The van der Waals surface area contributed by atoms with E-state index in [4.69, 9.17) is 23.2 Å². The molecule has 1 aromatic heterocycles. The third-order valence-corrected chi connectivity index (χ3v) is 7.09. The van der Waals surface area contributed by atoms with E-state index < -0.39 is 5.41 Å². The molecule has 1 unspecified atom stereocenters. The fourth-order valence-corrected chi connectivity index (χ4v) is 5.51. The second-order valence-corrected chi connectivity index (χ2v) is 9.25. The number of fused-ring (bicyclic) bond motifs is 3. The van der Waals surface area contributed by atoms with Crippen molar-refractivity contribution < 1.29 is 9.59 Å². The number of rotatable bonds is 3. The summed E-state index contributed by atoms with van der Waals surface area (Å²) in [5.41, 5.74) is 1.90. The number of anilines is 1. The van der Waals surface area contributed by atoms with Gasteiger partial charge in [-0.3, -0.25) is 19.5 Å². The zero-order valence-corrected chi connectivity index (χ0v) is 19.1. The molecule has 1 spiro atoms. The van der Waals surface area contributed by atoms with E-state index in [1.807, 2.05) is 41.3 Å². The number of amides is 2. The summed E-state index contributed by atoms with van der Waals surface area (Å²) >= 11 is 12.9. The van der Waals surface area contributed by atoms with E-state index in [0.29, 0.717) is 41.8 Å². The standard InChI is InChI=1S/C24H22Cl2N4O2/c1-27-21(31)13-29-12-16-5-6-17(25)9-18(16)24(14-29)7-8-30(23(24)32)20-11-28-10-15-3-2-4-19(26)22(15)20/h2-6,9-11H,7-8,12-14H2,1H3,(H,27,31). The van der Waals surface area contributed by atoms with Crippen molar-refractivity contribution in [2.24, 2.45) is 0 Å². The average Bonchev–Trinajstić information content (AvgIpc) is 3.10. The summed E-state index contributed by atoms with van der Waals surface area (Å²) in [6.45, 7) is 1.81. The Labute approximate surface area is 196 Å². The van der Waals surface area contributed by atoms with Crippen LogP contribution >= 0.6 is 23.2 Å². The Morgan fingerprint density at radius 1 is 1.22 bits per heavy atom. The zero-order valence-electron chi connectivity index (χ0n) is 17.6. The number of nitrogens with one attached hydrogen (secondary N) is 1. The van der Waals surface area contributed by atoms with Crippen LogP contribution in [0, 0.1) is 0 Å². The predicted octanol–water partition coefficient (Wildman–Crippen LogP) is 3.78. The molecule has 0 saturated carbocycles. The zero-order chi connectivity index (χ0) is 22.5. The minimum atomic E-state index is -0.782. The maximum absolute atomic E-state index is 14.1. The molecule has 1 fully saturated rings. The summed E-state index contributed by atoms with van der Waals surface area (Å²) in [6.07, 6.45) is 4.07. The molecule has 1 atom stereocenters. The smallest absolute Gasteiger partial charge is 0.239 e. The van der Waals surface area contributed by atoms with E-state index in [9.17, 15) is 9.59 Å². The molecule has 2 aliphatic heterocycles. The fraction of sp³-hybridized carbons (Fsp3) is 0.292. The minimum Gasteiger partial charge on any atom is -0.358 e. The molecule has 3 aromatic rings. The molecular formula is C24H22Cl2N4O2. The molecule has 3 heterocycles. The number of aromatic nitrogens is 1. The highest BCUT2D eigenvalue weighted by atomic mass is 35.5. The van der Waals surface area contributed by atoms with Gasteiger partial charge in [0.2, 0.25) is 11.8 Å². The second kappa shape index (κ2) is 8.03. The van der Waals surface area contributed by atoms with Gasteiger partial charge in [-0.2, -0.15) is 0 Å². The molecule has 6 nitrogen and oxygen atoms in total. The van der Waals surface area contributed by atoms with Gasteiger partial charge in [-0.25, -0.2) is 0 Å². The van der Waals surface area contributed by atoms with Crippen molar-refractivity contribution in [3.05, 3.63) is 70.0 Å². The lowest BCUT2D eigenvalue weighted by Crippen LogP contribution is -2.52. The van der Waals surface area contributed by atoms with Gasteiger partial charge in [-0.1, -0.05) is 41.4 Å². The molecular weight excluding hydrogens is 447 g/mol. The molecule has 2 aliphatic rings. The number of carbonyl (C=O) groups is 2. The van der Waals surface area contributed by atoms with Crippen LogP contribution in [-0.2, 0) is 21.5 Å². The summed E-state index contributed by atoms with van der Waals surface area (Å²) < 4.78 is 0. The normalized spacial score (nSPS) is 20.7. The van der Waals surface area contributed by atoms with Crippen LogP contribution in [0.5, 0.6) is 0 Å². The van der Waals surface area contributed by atoms with Crippen molar-refractivity contribution in [1.82, 2.24) is 15.2 Å². The van der Waals surface area contributed by atoms with Crippen LogP contribution in [0.3, 0.4) is 0 Å². The molecule has 2 aromatic carbocycles. The summed E-state index contributed by atoms with van der Waals surface area (Å²) in [6, 6.07) is 11.3. The topological polar surface area (TPSA) is 65.5 Å². The van der Waals surface area contributed by atoms with E-state index in [1.165, 1.54) is 0 Å². The molecule has 164 valence electrons. The van der Waals surface area contributed by atoms with Crippen molar-refractivity contribution in [2.75, 3.05) is 31.6 Å². The number of benzene rings is 2. The van der Waals surface area contributed by atoms with E-state index in [-0.39, 0.29) is 18.4 Å². The van der Waals surface area contributed by atoms with Gasteiger partial charge in [0.25, 0.3) is 0 Å². The van der Waals surface area contributed by atoms with Crippen molar-refractivity contribution in [2.45, 2.75) is 18.4 Å². The summed E-state index contributed by atoms with van der Waals surface area (Å²) in [4.78, 5) is 34.4. The lowest BCUT2D eigenvalue weighted by atomic mass is 9.73. The van der Waals surface area contributed by atoms with Crippen molar-refractivity contribution in [3.8, 4) is 0 Å². The number of pyridine rings is 1. The van der Waals surface area contributed by atoms with Gasteiger partial charge in [0.1, 0.15) is 0 Å². The Morgan fingerprint density at radius 3 is 2.88 bits per heavy atom. The number of carbonyl (C=O) groups excluding carboxylic acids is 2. The molecule has 5 rings (SSSR count). The number of hydrogen-bond acceptors (Lipinski definition) is 4. The average molecular weight is 469 g/mol. The molecule has 32 heavy (non-hydrogen) atoms. The van der Waals surface area contributed by atoms with Gasteiger partial charge in [0, 0.05) is 48.7 Å². The number of halogens is 2. The Balaban J connectivity index is 1.60. The molecule has 0 radical (unpaired) electrons. The molecule has 2 amide bonds. The lowest BCUT2D eigenvalue weighted by Gasteiger charge is -2.40. The SMILES string of the molecule is CNC(=O)CN1Cc2ccc(Cl)cc2C2(CCN(c3cncc4cccc(Cl)c34)C2=O)C1. The van der Waals surface area contributed by atoms with Gasteiger partial charge in [0.15, 0.2) is 0 Å². The van der Waals surface area contributed by atoms with E-state index in [1.54, 1.807) is 24.3 Å². The number of hydrogen-bond donors (Lipinski definition) is 1. The van der Waals surface area contributed by atoms with Gasteiger partial charge in [0.05, 0.1) is 28.9 Å². The van der Waals surface area contributed by atoms with Crippen molar-refractivity contribution >= 4 is 51.5 Å². The van der Waals surface area contributed by atoms with Gasteiger partial charge in [-0.15, -0.1) is 0 Å². The maximum atomic E-state index is 14.1. The summed E-state index contributed by atoms with van der Waals surface area (Å²) in [5.74, 6) is -0.0956. The first kappa shape index (κ1) is 21.2. The Morgan fingerprint density at radius 2 is 2.06 bits per heavy atom. The highest BCUT2D eigenvalue weighted by Crippen LogP contribution is 2.45. The Bertz CT molecular complexity index is 1240. The Kier molecular flexibility index (Phi) is 5.32. The van der Waals surface area contributed by atoms with Crippen LogP contribution in [0.4, 0.5) is 5.69 Å². The monoisotopic (exact) mass is 468 g/mol. The number of nitrogens with zero attached hydrogens (tertiary/aromatic N) is 3. The fourth-order valence-electron chi connectivity index (χ4n) is 5.06. The number of likely N-dealkylation sites (N-methyl/N-ethyl adjacent to an activating group) is 1. The second-order valence-electron chi connectivity index (χ2n) is 8.41. The first-order chi connectivity index (χ1) is 15.4. The van der Waals surface area contributed by atoms with Crippen LogP contribution in [0.15, 0.2) is 48.8 Å². The van der Waals surface area contributed by atoms with Crippen LogP contribution in [0.1, 0.15) is 17.5 Å². The highest BCUT2D eigenvalue weighted by Gasteiger charge is 2.52. The van der Waals surface area contributed by atoms with Crippen LogP contribution in [0.2, 0.25) is 10.0 Å². The third-order valence-electron chi connectivity index (χ3n) is 6.54. The van der Waals surface area contributed by atoms with Crippen molar-refractivity contribution in [1.29, 1.82) is 0 Å². The summed E-state index contributed by atoms with van der Waals surface area (Å²) in [7, 11) is 1.62. The lowest BCUT2D eigenvalue weighted by molar-refractivity contribution is -0.126. The third kappa shape index (κ3) is 3.34. The first-order valence-corrected chi connectivity index (χ1v) is 11.2. The van der Waals surface area contributed by atoms with Crippen LogP contribution in [0.25, 0.3) is 10.8 Å². The van der Waals surface area contributed by atoms with E-state index in [2.05, 4.69) is 10.3 Å². The first-order valence-electron chi connectivity index (χ1n) is 10.5. The predicted molar refractivity (Wildman–Crippen MR) is 126 cm³/mol. The molecule has 8 heteroatoms. The maximum Gasteiger partial charge on any atom is 0.239 e. The van der Waals surface area contributed by atoms with Gasteiger partial charge in [-0.05, 0) is 35.7 Å². The van der Waals surface area contributed by atoms with Crippen LogP contribution < -0.4 is 10.2 Å². The van der Waals surface area contributed by atoms with E-state index >= 15 is 0 Å². The Hall–Kier alpha value is -2.67. The van der Waals surface area contributed by atoms with Crippen LogP contribution in [-0.4, -0.2) is 48.4 Å². The molecule has 0 aliphatic carbocycles. The van der Waals surface area contributed by atoms with Gasteiger partial charge >= 0.3 is 0 Å². The molecule has 0 bridgehead atoms. The highest BCUT2D eigenvalue weighted by molar-refractivity contribution is 6.37.